The van der Waals surface area contributed by atoms with Gasteiger partial charge in [-0.2, -0.15) is 0 Å². The first-order chi connectivity index (χ1) is 12.5. The van der Waals surface area contributed by atoms with Gasteiger partial charge in [-0.1, -0.05) is 13.8 Å². The molecule has 0 aromatic carbocycles. The number of nitrogens with one attached hydrogen (secondary N) is 2. The Kier molecular flexibility index (Phi) is 6.51. The van der Waals surface area contributed by atoms with Gasteiger partial charge in [-0.3, -0.25) is 0 Å². The molecule has 2 aliphatic rings. The Hall–Kier alpha value is -1.63. The summed E-state index contributed by atoms with van der Waals surface area (Å²) in [4.78, 5) is 4.79. The lowest BCUT2D eigenvalue weighted by Gasteiger charge is -2.33. The number of aryl methyl sites for hydroxylation is 1. The SMILES string of the molecule is Cc1nnc(CN=C(NCC2CCCO2)NC2CC(C)CC(C)C2)n1C. The minimum atomic E-state index is 0.295. The van der Waals surface area contributed by atoms with Crippen molar-refractivity contribution in [2.24, 2.45) is 23.9 Å². The first-order valence-corrected chi connectivity index (χ1v) is 10.0. The normalized spacial score (nSPS) is 29.8. The summed E-state index contributed by atoms with van der Waals surface area (Å²) < 4.78 is 7.73. The van der Waals surface area contributed by atoms with E-state index in [9.17, 15) is 0 Å². The molecule has 3 atom stereocenters. The number of ether oxygens (including phenoxy) is 1. The molecule has 0 bridgehead atoms. The number of aromatic nitrogens is 3. The van der Waals surface area contributed by atoms with Gasteiger partial charge in [0.2, 0.25) is 0 Å². The van der Waals surface area contributed by atoms with Crippen molar-refractivity contribution in [3.63, 3.8) is 0 Å². The van der Waals surface area contributed by atoms with E-state index < -0.39 is 0 Å². The molecule has 0 amide bonds. The second-order valence-corrected chi connectivity index (χ2v) is 8.16. The Morgan fingerprint density at radius 2 is 2.00 bits per heavy atom. The van der Waals surface area contributed by atoms with E-state index >= 15 is 0 Å². The zero-order valence-corrected chi connectivity index (χ0v) is 16.7. The van der Waals surface area contributed by atoms with Crippen LogP contribution in [0.25, 0.3) is 0 Å². The van der Waals surface area contributed by atoms with Crippen LogP contribution in [0.4, 0.5) is 0 Å². The summed E-state index contributed by atoms with van der Waals surface area (Å²) in [6, 6.07) is 0.478. The van der Waals surface area contributed by atoms with E-state index in [1.54, 1.807) is 0 Å². The van der Waals surface area contributed by atoms with Gasteiger partial charge in [0, 0.05) is 26.2 Å². The Labute approximate surface area is 157 Å². The van der Waals surface area contributed by atoms with Gasteiger partial charge in [0.1, 0.15) is 12.4 Å². The standard InChI is InChI=1S/C19H34N6O/c1-13-8-14(2)10-16(9-13)22-19(20-11-17-6-5-7-26-17)21-12-18-24-23-15(3)25(18)4/h13-14,16-17H,5-12H2,1-4H3,(H2,20,21,22). The van der Waals surface area contributed by atoms with Crippen molar-refractivity contribution in [1.82, 2.24) is 25.4 Å². The molecule has 3 unspecified atom stereocenters. The second-order valence-electron chi connectivity index (χ2n) is 8.16. The highest BCUT2D eigenvalue weighted by atomic mass is 16.5. The van der Waals surface area contributed by atoms with Gasteiger partial charge < -0.3 is 19.9 Å². The van der Waals surface area contributed by atoms with Crippen LogP contribution in [0.2, 0.25) is 0 Å². The fourth-order valence-corrected chi connectivity index (χ4v) is 4.17. The zero-order valence-electron chi connectivity index (χ0n) is 16.7. The van der Waals surface area contributed by atoms with E-state index in [1.165, 1.54) is 19.3 Å². The summed E-state index contributed by atoms with van der Waals surface area (Å²) in [7, 11) is 1.98. The van der Waals surface area contributed by atoms with Crippen LogP contribution in [0.1, 0.15) is 57.6 Å². The van der Waals surface area contributed by atoms with Crippen LogP contribution in [-0.2, 0) is 18.3 Å². The maximum absolute atomic E-state index is 5.74. The molecule has 3 rings (SSSR count). The number of guanidine groups is 1. The molecule has 2 N–H and O–H groups in total. The Morgan fingerprint density at radius 1 is 1.23 bits per heavy atom. The van der Waals surface area contributed by atoms with Crippen LogP contribution in [0, 0.1) is 18.8 Å². The smallest absolute Gasteiger partial charge is 0.192 e. The monoisotopic (exact) mass is 362 g/mol. The van der Waals surface area contributed by atoms with Gasteiger partial charge in [-0.05, 0) is 50.9 Å². The molecule has 2 heterocycles. The average Bonchev–Trinajstić information content (AvgIpc) is 3.21. The van der Waals surface area contributed by atoms with Crippen molar-refractivity contribution >= 4 is 5.96 Å². The molecule has 146 valence electrons. The average molecular weight is 363 g/mol. The number of hydrogen-bond acceptors (Lipinski definition) is 4. The van der Waals surface area contributed by atoms with Crippen LogP contribution in [0.5, 0.6) is 0 Å². The topological polar surface area (TPSA) is 76.4 Å². The van der Waals surface area contributed by atoms with Crippen LogP contribution < -0.4 is 10.6 Å². The molecular formula is C19H34N6O. The third-order valence-electron chi connectivity index (χ3n) is 5.60. The van der Waals surface area contributed by atoms with Crippen molar-refractivity contribution in [2.45, 2.75) is 71.6 Å². The predicted molar refractivity (Wildman–Crippen MR) is 103 cm³/mol. The molecule has 1 saturated heterocycles. The van der Waals surface area contributed by atoms with E-state index in [-0.39, 0.29) is 0 Å². The molecule has 0 spiro atoms. The number of aliphatic imine (C=N–C) groups is 1. The molecule has 1 aliphatic heterocycles. The molecular weight excluding hydrogens is 328 g/mol. The fraction of sp³-hybridized carbons (Fsp3) is 0.842. The van der Waals surface area contributed by atoms with Gasteiger partial charge in [0.25, 0.3) is 0 Å². The molecule has 26 heavy (non-hydrogen) atoms. The lowest BCUT2D eigenvalue weighted by molar-refractivity contribution is 0.113. The Bertz CT molecular complexity index is 597. The minimum Gasteiger partial charge on any atom is -0.376 e. The van der Waals surface area contributed by atoms with Crippen molar-refractivity contribution in [3.05, 3.63) is 11.6 Å². The van der Waals surface area contributed by atoms with E-state index in [2.05, 4.69) is 34.7 Å². The van der Waals surface area contributed by atoms with Crippen LogP contribution >= 0.6 is 0 Å². The number of rotatable bonds is 5. The van der Waals surface area contributed by atoms with Crippen LogP contribution in [0.15, 0.2) is 4.99 Å². The summed E-state index contributed by atoms with van der Waals surface area (Å²) in [6.45, 7) is 8.87. The number of hydrogen-bond donors (Lipinski definition) is 2. The van der Waals surface area contributed by atoms with Gasteiger partial charge in [0.05, 0.1) is 6.10 Å². The molecule has 2 fully saturated rings. The molecule has 1 aromatic rings. The van der Waals surface area contributed by atoms with Gasteiger partial charge in [-0.25, -0.2) is 4.99 Å². The second kappa shape index (κ2) is 8.84. The highest BCUT2D eigenvalue weighted by molar-refractivity contribution is 5.80. The maximum atomic E-state index is 5.74. The highest BCUT2D eigenvalue weighted by Gasteiger charge is 2.25. The third-order valence-corrected chi connectivity index (χ3v) is 5.60. The summed E-state index contributed by atoms with van der Waals surface area (Å²) in [5.74, 6) is 4.18. The Morgan fingerprint density at radius 3 is 2.62 bits per heavy atom. The van der Waals surface area contributed by atoms with Crippen molar-refractivity contribution in [3.8, 4) is 0 Å². The summed E-state index contributed by atoms with van der Waals surface area (Å²) >= 11 is 0. The van der Waals surface area contributed by atoms with E-state index in [4.69, 9.17) is 9.73 Å². The molecule has 0 radical (unpaired) electrons. The quantitative estimate of drug-likeness (QED) is 0.620. The largest absolute Gasteiger partial charge is 0.376 e. The van der Waals surface area contributed by atoms with Gasteiger partial charge in [0.15, 0.2) is 11.8 Å². The van der Waals surface area contributed by atoms with Gasteiger partial charge in [-0.15, -0.1) is 10.2 Å². The first-order valence-electron chi connectivity index (χ1n) is 10.0. The molecule has 1 aromatic heterocycles. The summed E-state index contributed by atoms with van der Waals surface area (Å²) in [5, 5.41) is 15.5. The third kappa shape index (κ3) is 5.19. The number of nitrogens with zero attached hydrogens (tertiary/aromatic N) is 4. The van der Waals surface area contributed by atoms with E-state index in [1.807, 2.05) is 18.5 Å². The fourth-order valence-electron chi connectivity index (χ4n) is 4.17. The minimum absolute atomic E-state index is 0.295. The lowest BCUT2D eigenvalue weighted by Crippen LogP contribution is -2.48. The molecule has 7 heteroatoms. The maximum Gasteiger partial charge on any atom is 0.192 e. The first kappa shape index (κ1) is 19.1. The van der Waals surface area contributed by atoms with Crippen LogP contribution in [-0.4, -0.2) is 46.0 Å². The lowest BCUT2D eigenvalue weighted by atomic mass is 9.80. The van der Waals surface area contributed by atoms with Crippen molar-refractivity contribution in [2.75, 3.05) is 13.2 Å². The van der Waals surface area contributed by atoms with Crippen LogP contribution in [0.3, 0.4) is 0 Å². The molecule has 1 saturated carbocycles. The Balaban J connectivity index is 1.63. The zero-order chi connectivity index (χ0) is 18.5. The van der Waals surface area contributed by atoms with Gasteiger partial charge >= 0.3 is 0 Å². The predicted octanol–water partition coefficient (Wildman–Crippen LogP) is 2.16. The molecule has 7 nitrogen and oxygen atoms in total. The van der Waals surface area contributed by atoms with Crippen molar-refractivity contribution in [1.29, 1.82) is 0 Å². The molecule has 1 aliphatic carbocycles. The summed E-state index contributed by atoms with van der Waals surface area (Å²) in [5.41, 5.74) is 0. The van der Waals surface area contributed by atoms with E-state index in [0.29, 0.717) is 18.7 Å². The van der Waals surface area contributed by atoms with E-state index in [0.717, 1.165) is 55.4 Å². The van der Waals surface area contributed by atoms with Crippen molar-refractivity contribution < 1.29 is 4.74 Å². The summed E-state index contributed by atoms with van der Waals surface area (Å²) in [6.07, 6.45) is 6.31. The highest BCUT2D eigenvalue weighted by Crippen LogP contribution is 2.28.